The zero-order valence-electron chi connectivity index (χ0n) is 21.2. The summed E-state index contributed by atoms with van der Waals surface area (Å²) in [5.41, 5.74) is 5.10. The van der Waals surface area contributed by atoms with Gasteiger partial charge in [-0.25, -0.2) is 14.2 Å². The second-order valence-corrected chi connectivity index (χ2v) is 10.2. The van der Waals surface area contributed by atoms with Crippen molar-refractivity contribution in [2.75, 3.05) is 11.9 Å². The van der Waals surface area contributed by atoms with Crippen LogP contribution >= 0.6 is 0 Å². The molecule has 2 aromatic heterocycles. The molecule has 1 aliphatic rings. The summed E-state index contributed by atoms with van der Waals surface area (Å²) < 4.78 is 21.1. The number of amides is 1. The van der Waals surface area contributed by atoms with Crippen molar-refractivity contribution in [3.63, 3.8) is 0 Å². The molecule has 1 aliphatic heterocycles. The van der Waals surface area contributed by atoms with E-state index in [1.165, 1.54) is 17.7 Å². The Bertz CT molecular complexity index is 1390. The highest BCUT2D eigenvalue weighted by molar-refractivity contribution is 5.87. The van der Waals surface area contributed by atoms with Crippen LogP contribution in [-0.4, -0.2) is 37.9 Å². The number of rotatable bonds is 5. The molecule has 0 atom stereocenters. The number of nitrogens with one attached hydrogen (secondary N) is 1. The molecule has 0 bridgehead atoms. The van der Waals surface area contributed by atoms with Crippen LogP contribution < -0.4 is 5.32 Å². The monoisotopic (exact) mass is 499 g/mol. The molecule has 8 heteroatoms. The van der Waals surface area contributed by atoms with Gasteiger partial charge in [0.1, 0.15) is 22.9 Å². The number of nitrogens with zero attached hydrogens (tertiary/aromatic N) is 4. The topological polar surface area (TPSA) is 72.3 Å². The maximum absolute atomic E-state index is 13.7. The van der Waals surface area contributed by atoms with E-state index in [4.69, 9.17) is 9.84 Å². The molecule has 0 spiro atoms. The highest BCUT2D eigenvalue weighted by Gasteiger charge is 2.26. The lowest BCUT2D eigenvalue weighted by Crippen LogP contribution is -2.33. The molecule has 3 heterocycles. The quantitative estimate of drug-likeness (QED) is 0.359. The summed E-state index contributed by atoms with van der Waals surface area (Å²) in [7, 11) is 0. The summed E-state index contributed by atoms with van der Waals surface area (Å²) in [5, 5.41) is 7.67. The zero-order valence-corrected chi connectivity index (χ0v) is 21.2. The zero-order chi connectivity index (χ0) is 26.0. The van der Waals surface area contributed by atoms with Gasteiger partial charge in [-0.1, -0.05) is 30.3 Å². The Morgan fingerprint density at radius 3 is 2.51 bits per heavy atom. The molecule has 5 rings (SSSR count). The van der Waals surface area contributed by atoms with E-state index in [1.54, 1.807) is 18.3 Å². The number of benzene rings is 2. The number of carbonyl (C=O) groups excluding carboxylic acids is 1. The first kappa shape index (κ1) is 24.6. The van der Waals surface area contributed by atoms with Crippen molar-refractivity contribution in [2.45, 2.75) is 46.0 Å². The van der Waals surface area contributed by atoms with Gasteiger partial charge in [0.05, 0.1) is 12.2 Å². The van der Waals surface area contributed by atoms with Crippen LogP contribution in [0.25, 0.3) is 22.4 Å². The van der Waals surface area contributed by atoms with Crippen LogP contribution in [0.1, 0.15) is 32.0 Å². The third kappa shape index (κ3) is 5.86. The molecule has 7 nitrogen and oxygen atoms in total. The molecule has 190 valence electrons. The molecule has 0 radical (unpaired) electrons. The number of hydrogen-bond donors (Lipinski definition) is 1. The fourth-order valence-corrected chi connectivity index (χ4v) is 4.52. The predicted octanol–water partition coefficient (Wildman–Crippen LogP) is 6.11. The fraction of sp³-hybridized carbons (Fsp3) is 0.276. The summed E-state index contributed by atoms with van der Waals surface area (Å²) >= 11 is 0. The van der Waals surface area contributed by atoms with Crippen LogP contribution in [0.3, 0.4) is 0 Å². The first-order valence-electron chi connectivity index (χ1n) is 12.3. The summed E-state index contributed by atoms with van der Waals surface area (Å²) in [6.07, 6.45) is 1.09. The van der Waals surface area contributed by atoms with Gasteiger partial charge in [-0.2, -0.15) is 5.10 Å². The van der Waals surface area contributed by atoms with Gasteiger partial charge in [-0.15, -0.1) is 0 Å². The Morgan fingerprint density at radius 2 is 1.78 bits per heavy atom. The van der Waals surface area contributed by atoms with Gasteiger partial charge in [0.15, 0.2) is 0 Å². The van der Waals surface area contributed by atoms with E-state index in [1.807, 2.05) is 43.7 Å². The van der Waals surface area contributed by atoms with Crippen LogP contribution in [0.2, 0.25) is 0 Å². The average molecular weight is 500 g/mol. The van der Waals surface area contributed by atoms with Gasteiger partial charge in [-0.3, -0.25) is 14.9 Å². The Morgan fingerprint density at radius 1 is 1.03 bits per heavy atom. The number of fused-ring (bicyclic) bond motifs is 1. The van der Waals surface area contributed by atoms with Gasteiger partial charge in [0.25, 0.3) is 0 Å². The second-order valence-electron chi connectivity index (χ2n) is 10.2. The SMILES string of the molecule is CC(C)(C)OC(=O)Nc1cc(-c2c(-c3ccc(F)cc3)nn3c2CN(Cc2ccccc2)CC3)ccn1. The van der Waals surface area contributed by atoms with Crippen molar-refractivity contribution < 1.29 is 13.9 Å². The van der Waals surface area contributed by atoms with Gasteiger partial charge in [-0.05, 0) is 68.3 Å². The minimum Gasteiger partial charge on any atom is -0.444 e. The van der Waals surface area contributed by atoms with Crippen LogP contribution in [0.4, 0.5) is 15.0 Å². The van der Waals surface area contributed by atoms with Gasteiger partial charge in [0.2, 0.25) is 0 Å². The van der Waals surface area contributed by atoms with Gasteiger partial charge < -0.3 is 4.74 Å². The first-order chi connectivity index (χ1) is 17.7. The molecule has 0 aliphatic carbocycles. The van der Waals surface area contributed by atoms with Crippen LogP contribution in [0, 0.1) is 5.82 Å². The predicted molar refractivity (Wildman–Crippen MR) is 141 cm³/mol. The summed E-state index contributed by atoms with van der Waals surface area (Å²) in [4.78, 5) is 19.1. The average Bonchev–Trinajstić information content (AvgIpc) is 3.23. The van der Waals surface area contributed by atoms with Crippen molar-refractivity contribution >= 4 is 11.9 Å². The number of halogens is 1. The number of hydrogen-bond acceptors (Lipinski definition) is 5. The lowest BCUT2D eigenvalue weighted by atomic mass is 9.98. The third-order valence-corrected chi connectivity index (χ3v) is 6.10. The van der Waals surface area contributed by atoms with Crippen molar-refractivity contribution in [1.29, 1.82) is 0 Å². The Labute approximate surface area is 215 Å². The number of aromatic nitrogens is 3. The number of anilines is 1. The van der Waals surface area contributed by atoms with Crippen molar-refractivity contribution in [1.82, 2.24) is 19.7 Å². The molecule has 0 fully saturated rings. The Balaban J connectivity index is 1.52. The number of ether oxygens (including phenoxy) is 1. The Kier molecular flexibility index (Phi) is 6.76. The van der Waals surface area contributed by atoms with Gasteiger partial charge in [0, 0.05) is 37.0 Å². The van der Waals surface area contributed by atoms with Crippen LogP contribution in [-0.2, 0) is 24.4 Å². The standard InChI is InChI=1S/C29H30FN5O2/c1-29(2,3)37-28(36)32-25-17-22(13-14-31-25)26-24-19-34(18-20-7-5-4-6-8-20)15-16-35(24)33-27(26)21-9-11-23(30)12-10-21/h4-14,17H,15-16,18-19H2,1-3H3,(H,31,32,36). The molecule has 1 N–H and O–H groups in total. The smallest absolute Gasteiger partial charge is 0.413 e. The maximum atomic E-state index is 13.7. The van der Waals surface area contributed by atoms with Crippen molar-refractivity contribution in [3.8, 4) is 22.4 Å². The third-order valence-electron chi connectivity index (χ3n) is 6.10. The molecule has 37 heavy (non-hydrogen) atoms. The summed E-state index contributed by atoms with van der Waals surface area (Å²) in [6.45, 7) is 8.58. The van der Waals surface area contributed by atoms with E-state index in [9.17, 15) is 9.18 Å². The summed E-state index contributed by atoms with van der Waals surface area (Å²) in [5.74, 6) is 0.0878. The molecule has 0 saturated carbocycles. The molecular weight excluding hydrogens is 469 g/mol. The lowest BCUT2D eigenvalue weighted by molar-refractivity contribution is 0.0635. The van der Waals surface area contributed by atoms with Crippen molar-refractivity contribution in [2.24, 2.45) is 0 Å². The van der Waals surface area contributed by atoms with E-state index < -0.39 is 11.7 Å². The molecular formula is C29H30FN5O2. The fourth-order valence-electron chi connectivity index (χ4n) is 4.52. The lowest BCUT2D eigenvalue weighted by Gasteiger charge is -2.28. The highest BCUT2D eigenvalue weighted by atomic mass is 19.1. The van der Waals surface area contributed by atoms with E-state index >= 15 is 0 Å². The van der Waals surface area contributed by atoms with Crippen molar-refractivity contribution in [3.05, 3.63) is 90.0 Å². The highest BCUT2D eigenvalue weighted by Crippen LogP contribution is 2.37. The number of carbonyl (C=O) groups is 1. The minimum absolute atomic E-state index is 0.295. The largest absolute Gasteiger partial charge is 0.444 e. The molecule has 0 unspecified atom stereocenters. The van der Waals surface area contributed by atoms with Gasteiger partial charge >= 0.3 is 6.09 Å². The molecule has 2 aromatic carbocycles. The van der Waals surface area contributed by atoms with E-state index in [0.29, 0.717) is 12.4 Å². The number of pyridine rings is 1. The molecule has 1 amide bonds. The Hall–Kier alpha value is -4.04. The van der Waals surface area contributed by atoms with Crippen LogP contribution in [0.5, 0.6) is 0 Å². The second kappa shape index (κ2) is 10.1. The van der Waals surface area contributed by atoms with Crippen LogP contribution in [0.15, 0.2) is 72.9 Å². The molecule has 4 aromatic rings. The normalized spacial score (nSPS) is 13.7. The first-order valence-corrected chi connectivity index (χ1v) is 12.3. The molecule has 0 saturated heterocycles. The summed E-state index contributed by atoms with van der Waals surface area (Å²) in [6, 6.07) is 20.5. The van der Waals surface area contributed by atoms with E-state index in [-0.39, 0.29) is 5.82 Å². The minimum atomic E-state index is -0.620. The van der Waals surface area contributed by atoms with E-state index in [2.05, 4.69) is 39.5 Å². The maximum Gasteiger partial charge on any atom is 0.413 e. The van der Waals surface area contributed by atoms with E-state index in [0.717, 1.165) is 47.7 Å².